The first-order chi connectivity index (χ1) is 7.42. The third kappa shape index (κ3) is 4.24. The van der Waals surface area contributed by atoms with Crippen LogP contribution in [0.5, 0.6) is 0 Å². The average molecular weight is 244 g/mol. The Labute approximate surface area is 93.3 Å². The highest BCUT2D eigenvalue weighted by molar-refractivity contribution is 7.46. The summed E-state index contributed by atoms with van der Waals surface area (Å²) in [5.74, 6) is -0.446. The number of Topliss-reactive ketones (excluding diaryl/α,β-unsaturated/α-hetero) is 1. The lowest BCUT2D eigenvalue weighted by Crippen LogP contribution is -2.08. The second kappa shape index (κ2) is 5.37. The van der Waals surface area contributed by atoms with E-state index in [9.17, 15) is 9.36 Å². The van der Waals surface area contributed by atoms with Crippen molar-refractivity contribution in [2.75, 3.05) is 6.61 Å². The molecule has 0 saturated carbocycles. The number of ketones is 1. The molecule has 0 aliphatic rings. The van der Waals surface area contributed by atoms with Gasteiger partial charge in [-0.25, -0.2) is 4.57 Å². The van der Waals surface area contributed by atoms with Gasteiger partial charge in [0.1, 0.15) is 6.61 Å². The van der Waals surface area contributed by atoms with Crippen LogP contribution in [0.1, 0.15) is 22.8 Å². The lowest BCUT2D eigenvalue weighted by molar-refractivity contribution is 0.0884. The Morgan fingerprint density at radius 3 is 2.69 bits per heavy atom. The number of phosphoric acid groups is 1. The highest BCUT2D eigenvalue weighted by Crippen LogP contribution is 2.35. The SMILES string of the molecule is CCc1cccc(C(=O)COP(=O)(O)O)c1. The molecule has 2 N–H and O–H groups in total. The van der Waals surface area contributed by atoms with E-state index in [-0.39, 0.29) is 0 Å². The molecule has 5 nitrogen and oxygen atoms in total. The standard InChI is InChI=1S/C10H13O5P/c1-2-8-4-3-5-9(6-8)10(11)7-15-16(12,13)14/h3-6H,2,7H2,1H3,(H2,12,13,14). The smallest absolute Gasteiger partial charge is 0.303 e. The van der Waals surface area contributed by atoms with E-state index in [0.29, 0.717) is 5.56 Å². The van der Waals surface area contributed by atoms with E-state index in [1.165, 1.54) is 0 Å². The maximum Gasteiger partial charge on any atom is 0.470 e. The fourth-order valence-electron chi connectivity index (χ4n) is 1.19. The molecule has 0 heterocycles. The number of aryl methyl sites for hydroxylation is 1. The van der Waals surface area contributed by atoms with Gasteiger partial charge in [-0.05, 0) is 18.1 Å². The third-order valence-electron chi connectivity index (χ3n) is 2.02. The highest BCUT2D eigenvalue weighted by Gasteiger charge is 2.17. The summed E-state index contributed by atoms with van der Waals surface area (Å²) in [6.07, 6.45) is 0.792. The van der Waals surface area contributed by atoms with Crippen molar-refractivity contribution in [3.63, 3.8) is 0 Å². The zero-order valence-corrected chi connectivity index (χ0v) is 9.68. The Hall–Kier alpha value is -1.00. The molecule has 1 aromatic carbocycles. The molecule has 1 aromatic rings. The first kappa shape index (κ1) is 13.1. The minimum atomic E-state index is -4.58. The summed E-state index contributed by atoms with van der Waals surface area (Å²) in [6.45, 7) is 1.34. The minimum absolute atomic E-state index is 0.396. The Morgan fingerprint density at radius 1 is 1.44 bits per heavy atom. The number of hydrogen-bond donors (Lipinski definition) is 2. The van der Waals surface area contributed by atoms with Crippen LogP contribution in [0.25, 0.3) is 0 Å². The Kier molecular flexibility index (Phi) is 4.38. The zero-order valence-electron chi connectivity index (χ0n) is 8.79. The fraction of sp³-hybridized carbons (Fsp3) is 0.300. The normalized spacial score (nSPS) is 11.4. The summed E-state index contributed by atoms with van der Waals surface area (Å²) in [5.41, 5.74) is 1.38. The Balaban J connectivity index is 2.69. The lowest BCUT2D eigenvalue weighted by atomic mass is 10.1. The van der Waals surface area contributed by atoms with Gasteiger partial charge in [-0.1, -0.05) is 25.1 Å². The van der Waals surface area contributed by atoms with E-state index in [1.54, 1.807) is 18.2 Å². The predicted octanol–water partition coefficient (Wildman–Crippen LogP) is 1.54. The molecule has 1 rings (SSSR count). The number of benzene rings is 1. The van der Waals surface area contributed by atoms with Gasteiger partial charge < -0.3 is 9.79 Å². The number of hydrogen-bond acceptors (Lipinski definition) is 3. The van der Waals surface area contributed by atoms with Crippen LogP contribution in [0.2, 0.25) is 0 Å². The Bertz CT molecular complexity index is 423. The minimum Gasteiger partial charge on any atom is -0.303 e. The molecule has 0 fully saturated rings. The van der Waals surface area contributed by atoms with E-state index >= 15 is 0 Å². The van der Waals surface area contributed by atoms with Gasteiger partial charge in [0.15, 0.2) is 5.78 Å². The molecular formula is C10H13O5P. The fourth-order valence-corrected chi connectivity index (χ4v) is 1.48. The van der Waals surface area contributed by atoms with Crippen LogP contribution in [-0.4, -0.2) is 22.2 Å². The summed E-state index contributed by atoms with van der Waals surface area (Å²) < 4.78 is 14.5. The van der Waals surface area contributed by atoms with Crippen molar-refractivity contribution in [3.8, 4) is 0 Å². The molecule has 0 radical (unpaired) electrons. The molecule has 0 atom stereocenters. The van der Waals surface area contributed by atoms with Crippen LogP contribution in [-0.2, 0) is 15.5 Å². The number of rotatable bonds is 5. The molecule has 88 valence electrons. The van der Waals surface area contributed by atoms with Crippen molar-refractivity contribution in [1.82, 2.24) is 0 Å². The van der Waals surface area contributed by atoms with Crippen molar-refractivity contribution in [3.05, 3.63) is 35.4 Å². The van der Waals surface area contributed by atoms with Gasteiger partial charge in [0.25, 0.3) is 0 Å². The van der Waals surface area contributed by atoms with Crippen LogP contribution in [0.3, 0.4) is 0 Å². The van der Waals surface area contributed by atoms with Crippen LogP contribution in [0.15, 0.2) is 24.3 Å². The van der Waals surface area contributed by atoms with Crippen LogP contribution < -0.4 is 0 Å². The van der Waals surface area contributed by atoms with E-state index in [0.717, 1.165) is 12.0 Å². The molecule has 0 aliphatic carbocycles. The third-order valence-corrected chi connectivity index (χ3v) is 2.49. The molecule has 0 bridgehead atoms. The van der Waals surface area contributed by atoms with Crippen molar-refractivity contribution in [2.45, 2.75) is 13.3 Å². The van der Waals surface area contributed by atoms with Gasteiger partial charge in [-0.3, -0.25) is 9.32 Å². The summed E-state index contributed by atoms with van der Waals surface area (Å²) in [4.78, 5) is 28.4. The molecule has 0 spiro atoms. The number of carbonyl (C=O) groups is 1. The molecule has 0 saturated heterocycles. The molecule has 0 aromatic heterocycles. The van der Waals surface area contributed by atoms with Crippen LogP contribution >= 0.6 is 7.82 Å². The number of carbonyl (C=O) groups excluding carboxylic acids is 1. The summed E-state index contributed by atoms with van der Waals surface area (Å²) >= 11 is 0. The van der Waals surface area contributed by atoms with Crippen LogP contribution in [0, 0.1) is 0 Å². The van der Waals surface area contributed by atoms with Crippen molar-refractivity contribution >= 4 is 13.6 Å². The van der Waals surface area contributed by atoms with Crippen LogP contribution in [0.4, 0.5) is 0 Å². The van der Waals surface area contributed by atoms with E-state index < -0.39 is 20.2 Å². The Morgan fingerprint density at radius 2 is 2.12 bits per heavy atom. The van der Waals surface area contributed by atoms with Gasteiger partial charge in [0.05, 0.1) is 0 Å². The van der Waals surface area contributed by atoms with Gasteiger partial charge >= 0.3 is 7.82 Å². The molecule has 0 unspecified atom stereocenters. The summed E-state index contributed by atoms with van der Waals surface area (Å²) in [7, 11) is -4.58. The predicted molar refractivity (Wildman–Crippen MR) is 58.1 cm³/mol. The zero-order chi connectivity index (χ0) is 12.2. The second-order valence-corrected chi connectivity index (χ2v) is 4.48. The maximum atomic E-state index is 11.5. The quantitative estimate of drug-likeness (QED) is 0.606. The second-order valence-electron chi connectivity index (χ2n) is 3.24. The topological polar surface area (TPSA) is 83.8 Å². The average Bonchev–Trinajstić information content (AvgIpc) is 2.25. The van der Waals surface area contributed by atoms with E-state index in [4.69, 9.17) is 9.79 Å². The van der Waals surface area contributed by atoms with E-state index in [1.807, 2.05) is 13.0 Å². The van der Waals surface area contributed by atoms with Gasteiger partial charge in [-0.15, -0.1) is 0 Å². The summed E-state index contributed by atoms with van der Waals surface area (Å²) in [6, 6.07) is 6.88. The van der Waals surface area contributed by atoms with E-state index in [2.05, 4.69) is 4.52 Å². The van der Waals surface area contributed by atoms with Crippen molar-refractivity contribution in [2.24, 2.45) is 0 Å². The van der Waals surface area contributed by atoms with Gasteiger partial charge in [0, 0.05) is 5.56 Å². The maximum absolute atomic E-state index is 11.5. The molecule has 0 aliphatic heterocycles. The van der Waals surface area contributed by atoms with Crippen molar-refractivity contribution in [1.29, 1.82) is 0 Å². The van der Waals surface area contributed by atoms with Gasteiger partial charge in [0.2, 0.25) is 0 Å². The van der Waals surface area contributed by atoms with Gasteiger partial charge in [-0.2, -0.15) is 0 Å². The number of phosphoric ester groups is 1. The highest BCUT2D eigenvalue weighted by atomic mass is 31.2. The lowest BCUT2D eigenvalue weighted by Gasteiger charge is -2.05. The first-order valence-corrected chi connectivity index (χ1v) is 6.27. The monoisotopic (exact) mass is 244 g/mol. The largest absolute Gasteiger partial charge is 0.470 e. The van der Waals surface area contributed by atoms with Crippen molar-refractivity contribution < 1.29 is 23.7 Å². The first-order valence-electron chi connectivity index (χ1n) is 4.74. The molecule has 6 heteroatoms. The molecular weight excluding hydrogens is 231 g/mol. The summed E-state index contributed by atoms with van der Waals surface area (Å²) in [5, 5.41) is 0. The molecule has 0 amide bonds. The molecule has 16 heavy (non-hydrogen) atoms.